The van der Waals surface area contributed by atoms with E-state index in [0.717, 1.165) is 12.8 Å². The summed E-state index contributed by atoms with van der Waals surface area (Å²) in [6.07, 6.45) is 7.15. The van der Waals surface area contributed by atoms with E-state index < -0.39 is 5.54 Å². The lowest BCUT2D eigenvalue weighted by molar-refractivity contribution is 0.0820. The van der Waals surface area contributed by atoms with Gasteiger partial charge in [0.05, 0.1) is 12.1 Å². The lowest BCUT2D eigenvalue weighted by Crippen LogP contribution is -2.50. The Morgan fingerprint density at radius 2 is 2.42 bits per heavy atom. The molecule has 1 fully saturated rings. The molecule has 0 radical (unpaired) electrons. The molecule has 0 bridgehead atoms. The Kier molecular flexibility index (Phi) is 2.74. The normalized spacial score (nSPS) is 18.2. The van der Waals surface area contributed by atoms with Gasteiger partial charge < -0.3 is 10.4 Å². The molecule has 2 aromatic rings. The quantitative estimate of drug-likeness (QED) is 0.844. The number of nitrogens with one attached hydrogen (secondary N) is 1. The first-order valence-corrected chi connectivity index (χ1v) is 6.35. The van der Waals surface area contributed by atoms with E-state index in [-0.39, 0.29) is 12.5 Å². The molecule has 2 N–H and O–H groups in total. The van der Waals surface area contributed by atoms with Crippen molar-refractivity contribution >= 4 is 11.7 Å². The van der Waals surface area contributed by atoms with Crippen molar-refractivity contribution in [2.75, 3.05) is 6.61 Å². The second kappa shape index (κ2) is 4.31. The Morgan fingerprint density at radius 3 is 3.05 bits per heavy atom. The number of imidazole rings is 1. The molecule has 2 aromatic heterocycles. The van der Waals surface area contributed by atoms with Crippen LogP contribution in [-0.2, 0) is 0 Å². The number of hydrogen-bond acceptors (Lipinski definition) is 4. The average molecular weight is 260 g/mol. The minimum Gasteiger partial charge on any atom is -0.394 e. The molecule has 6 nitrogen and oxygen atoms in total. The van der Waals surface area contributed by atoms with Crippen molar-refractivity contribution < 1.29 is 9.90 Å². The minimum atomic E-state index is -0.555. The van der Waals surface area contributed by atoms with Gasteiger partial charge in [-0.3, -0.25) is 9.20 Å². The van der Waals surface area contributed by atoms with E-state index in [0.29, 0.717) is 17.4 Å². The van der Waals surface area contributed by atoms with E-state index >= 15 is 0 Å². The molecule has 1 saturated carbocycles. The molecular formula is C13H16N4O2. The van der Waals surface area contributed by atoms with Crippen molar-refractivity contribution in [3.05, 3.63) is 30.4 Å². The van der Waals surface area contributed by atoms with Crippen LogP contribution in [0.3, 0.4) is 0 Å². The van der Waals surface area contributed by atoms with Gasteiger partial charge in [0.15, 0.2) is 0 Å². The number of hydrogen-bond donors (Lipinski definition) is 2. The lowest BCUT2D eigenvalue weighted by Gasteiger charge is -2.28. The van der Waals surface area contributed by atoms with Crippen molar-refractivity contribution in [3.63, 3.8) is 0 Å². The van der Waals surface area contributed by atoms with E-state index in [1.165, 1.54) is 0 Å². The van der Waals surface area contributed by atoms with Crippen LogP contribution in [0.15, 0.2) is 24.7 Å². The molecule has 0 aliphatic heterocycles. The summed E-state index contributed by atoms with van der Waals surface area (Å²) in [5.41, 5.74) is -0.237. The summed E-state index contributed by atoms with van der Waals surface area (Å²) < 4.78 is 1.70. The number of amides is 1. The van der Waals surface area contributed by atoms with Crippen LogP contribution in [0, 0.1) is 5.92 Å². The van der Waals surface area contributed by atoms with Crippen LogP contribution >= 0.6 is 0 Å². The zero-order chi connectivity index (χ0) is 13.5. The summed E-state index contributed by atoms with van der Waals surface area (Å²) in [7, 11) is 0. The van der Waals surface area contributed by atoms with E-state index in [1.807, 2.05) is 6.92 Å². The average Bonchev–Trinajstić information content (AvgIpc) is 3.18. The molecule has 0 spiro atoms. The molecule has 19 heavy (non-hydrogen) atoms. The van der Waals surface area contributed by atoms with Crippen LogP contribution in [0.1, 0.15) is 30.3 Å². The monoisotopic (exact) mass is 260 g/mol. The zero-order valence-corrected chi connectivity index (χ0v) is 10.7. The maximum Gasteiger partial charge on any atom is 0.272 e. The van der Waals surface area contributed by atoms with Crippen molar-refractivity contribution in [3.8, 4) is 0 Å². The lowest BCUT2D eigenvalue weighted by atomic mass is 9.97. The molecule has 1 atom stereocenters. The van der Waals surface area contributed by atoms with Gasteiger partial charge in [0, 0.05) is 18.6 Å². The number of carbonyl (C=O) groups is 1. The summed E-state index contributed by atoms with van der Waals surface area (Å²) in [6, 6.07) is 1.78. The van der Waals surface area contributed by atoms with Crippen molar-refractivity contribution in [2.24, 2.45) is 5.92 Å². The zero-order valence-electron chi connectivity index (χ0n) is 10.7. The summed E-state index contributed by atoms with van der Waals surface area (Å²) in [4.78, 5) is 20.4. The molecule has 0 aromatic carbocycles. The number of carbonyl (C=O) groups excluding carboxylic acids is 1. The Hall–Kier alpha value is -1.95. The highest BCUT2D eigenvalue weighted by Gasteiger charge is 2.42. The maximum absolute atomic E-state index is 12.2. The Bertz CT molecular complexity index is 587. The third kappa shape index (κ3) is 2.19. The predicted molar refractivity (Wildman–Crippen MR) is 68.7 cm³/mol. The molecule has 1 unspecified atom stereocenters. The fourth-order valence-electron chi connectivity index (χ4n) is 2.25. The number of fused-ring (bicyclic) bond motifs is 1. The fourth-order valence-corrected chi connectivity index (χ4v) is 2.25. The number of aromatic nitrogens is 3. The van der Waals surface area contributed by atoms with Gasteiger partial charge in [-0.2, -0.15) is 0 Å². The Morgan fingerprint density at radius 1 is 1.63 bits per heavy atom. The topological polar surface area (TPSA) is 79.5 Å². The maximum atomic E-state index is 12.2. The first-order chi connectivity index (χ1) is 9.12. The predicted octanol–water partition coefficient (Wildman–Crippen LogP) is 0.620. The number of rotatable bonds is 4. The highest BCUT2D eigenvalue weighted by Crippen LogP contribution is 2.39. The van der Waals surface area contributed by atoms with Crippen LogP contribution in [0.5, 0.6) is 0 Å². The SMILES string of the molecule is CC(CO)(NC(=O)c1cn2cccnc2n1)C1CC1. The molecule has 6 heteroatoms. The van der Waals surface area contributed by atoms with Crippen LogP contribution in [0.4, 0.5) is 0 Å². The fraction of sp³-hybridized carbons (Fsp3) is 0.462. The molecule has 3 rings (SSSR count). The van der Waals surface area contributed by atoms with E-state index in [4.69, 9.17) is 0 Å². The van der Waals surface area contributed by atoms with Gasteiger partial charge >= 0.3 is 0 Å². The Balaban J connectivity index is 1.83. The standard InChI is InChI=1S/C13H16N4O2/c1-13(8-18,9-3-4-9)16-11(19)10-7-17-6-2-5-14-12(17)15-10/h2,5-7,9,18H,3-4,8H2,1H3,(H,16,19). The Labute approximate surface area is 110 Å². The first kappa shape index (κ1) is 12.1. The summed E-state index contributed by atoms with van der Waals surface area (Å²) >= 11 is 0. The molecule has 100 valence electrons. The first-order valence-electron chi connectivity index (χ1n) is 6.35. The van der Waals surface area contributed by atoms with Crippen molar-refractivity contribution in [1.82, 2.24) is 19.7 Å². The smallest absolute Gasteiger partial charge is 0.272 e. The summed E-state index contributed by atoms with van der Waals surface area (Å²) in [5.74, 6) is 0.579. The summed E-state index contributed by atoms with van der Waals surface area (Å²) in [6.45, 7) is 1.81. The van der Waals surface area contributed by atoms with Crippen molar-refractivity contribution in [1.29, 1.82) is 0 Å². The molecule has 1 amide bonds. The number of nitrogens with zero attached hydrogens (tertiary/aromatic N) is 3. The molecule has 0 saturated heterocycles. The van der Waals surface area contributed by atoms with Gasteiger partial charge in [-0.05, 0) is 31.7 Å². The van der Waals surface area contributed by atoms with Gasteiger partial charge in [-0.15, -0.1) is 0 Å². The highest BCUT2D eigenvalue weighted by molar-refractivity contribution is 5.93. The van der Waals surface area contributed by atoms with Gasteiger partial charge in [0.2, 0.25) is 5.78 Å². The van der Waals surface area contributed by atoms with Gasteiger partial charge in [0.1, 0.15) is 5.69 Å². The van der Waals surface area contributed by atoms with Crippen LogP contribution in [0.25, 0.3) is 5.78 Å². The third-order valence-electron chi connectivity index (χ3n) is 3.67. The van der Waals surface area contributed by atoms with Gasteiger partial charge in [-0.1, -0.05) is 0 Å². The van der Waals surface area contributed by atoms with Gasteiger partial charge in [0.25, 0.3) is 5.91 Å². The second-order valence-electron chi connectivity index (χ2n) is 5.26. The molecule has 2 heterocycles. The largest absolute Gasteiger partial charge is 0.394 e. The van der Waals surface area contributed by atoms with Crippen LogP contribution < -0.4 is 5.32 Å². The number of aliphatic hydroxyl groups is 1. The van der Waals surface area contributed by atoms with Gasteiger partial charge in [-0.25, -0.2) is 9.97 Å². The van der Waals surface area contributed by atoms with Crippen molar-refractivity contribution in [2.45, 2.75) is 25.3 Å². The highest BCUT2D eigenvalue weighted by atomic mass is 16.3. The van der Waals surface area contributed by atoms with Crippen LogP contribution in [0.2, 0.25) is 0 Å². The third-order valence-corrected chi connectivity index (χ3v) is 3.67. The van der Waals surface area contributed by atoms with E-state index in [9.17, 15) is 9.90 Å². The molecule has 1 aliphatic rings. The molecular weight excluding hydrogens is 244 g/mol. The van der Waals surface area contributed by atoms with E-state index in [2.05, 4.69) is 15.3 Å². The number of aliphatic hydroxyl groups excluding tert-OH is 1. The minimum absolute atomic E-state index is 0.0605. The van der Waals surface area contributed by atoms with Crippen LogP contribution in [-0.4, -0.2) is 37.5 Å². The molecule has 1 aliphatic carbocycles. The van der Waals surface area contributed by atoms with E-state index in [1.54, 1.807) is 29.1 Å². The summed E-state index contributed by atoms with van der Waals surface area (Å²) in [5, 5.41) is 12.4. The second-order valence-corrected chi connectivity index (χ2v) is 5.26.